The summed E-state index contributed by atoms with van der Waals surface area (Å²) < 4.78 is 13.0. The predicted octanol–water partition coefficient (Wildman–Crippen LogP) is 2.72. The minimum Gasteiger partial charge on any atom is -0.480 e. The van der Waals surface area contributed by atoms with Crippen LogP contribution in [0.15, 0.2) is 24.7 Å². The van der Waals surface area contributed by atoms with Crippen molar-refractivity contribution in [2.75, 3.05) is 19.0 Å². The van der Waals surface area contributed by atoms with Gasteiger partial charge in [-0.05, 0) is 38.3 Å². The van der Waals surface area contributed by atoms with Crippen LogP contribution in [0.4, 0.5) is 5.69 Å². The van der Waals surface area contributed by atoms with Crippen LogP contribution in [0.25, 0.3) is 0 Å². The molecule has 0 radical (unpaired) electrons. The van der Waals surface area contributed by atoms with E-state index in [-0.39, 0.29) is 17.9 Å². The van der Waals surface area contributed by atoms with Crippen molar-refractivity contribution in [2.24, 2.45) is 5.92 Å². The maximum atomic E-state index is 12.9. The normalized spacial score (nSPS) is 20.3. The highest BCUT2D eigenvalue weighted by Crippen LogP contribution is 2.35. The number of ether oxygens (including phenoxy) is 2. The number of methoxy groups -OCH3 is 1. The smallest absolute Gasteiger partial charge is 0.237 e. The molecule has 2 aromatic heterocycles. The highest BCUT2D eigenvalue weighted by Gasteiger charge is 2.34. The van der Waals surface area contributed by atoms with Crippen LogP contribution in [-0.4, -0.2) is 34.4 Å². The molecule has 1 aliphatic rings. The SMILES string of the molecule is CCn1cc([C@@H]2OCCC[C@H]2C(=O)Nc2cc(C)cnc2OC)cn1. The first-order valence-corrected chi connectivity index (χ1v) is 8.57. The summed E-state index contributed by atoms with van der Waals surface area (Å²) in [5.41, 5.74) is 2.48. The van der Waals surface area contributed by atoms with E-state index in [1.54, 1.807) is 19.5 Å². The standard InChI is InChI=1S/C18H24N4O3/c1-4-22-11-13(10-20-22)16-14(6-5-7-25-16)17(23)21-15-8-12(2)9-19-18(15)24-3/h8-11,14,16H,4-7H2,1-3H3,(H,21,23)/t14-,16+/m1/s1. The van der Waals surface area contributed by atoms with Gasteiger partial charge in [-0.25, -0.2) is 4.98 Å². The second-order valence-corrected chi connectivity index (χ2v) is 6.23. The summed E-state index contributed by atoms with van der Waals surface area (Å²) in [7, 11) is 1.54. The minimum absolute atomic E-state index is 0.0837. The average molecular weight is 344 g/mol. The number of carbonyl (C=O) groups excluding carboxylic acids is 1. The van der Waals surface area contributed by atoms with Crippen molar-refractivity contribution in [1.82, 2.24) is 14.8 Å². The Balaban J connectivity index is 1.80. The van der Waals surface area contributed by atoms with E-state index in [0.717, 1.165) is 30.5 Å². The first kappa shape index (κ1) is 17.4. The zero-order chi connectivity index (χ0) is 17.8. The lowest BCUT2D eigenvalue weighted by atomic mass is 9.90. The highest BCUT2D eigenvalue weighted by molar-refractivity contribution is 5.94. The molecule has 0 aliphatic carbocycles. The van der Waals surface area contributed by atoms with E-state index in [1.807, 2.05) is 30.8 Å². The van der Waals surface area contributed by atoms with Gasteiger partial charge in [-0.2, -0.15) is 5.10 Å². The maximum Gasteiger partial charge on any atom is 0.237 e. The Kier molecular flexibility index (Phi) is 5.33. The van der Waals surface area contributed by atoms with Gasteiger partial charge in [-0.15, -0.1) is 0 Å². The molecule has 2 atom stereocenters. The summed E-state index contributed by atoms with van der Waals surface area (Å²) in [4.78, 5) is 17.1. The average Bonchev–Trinajstić information content (AvgIpc) is 3.11. The van der Waals surface area contributed by atoms with E-state index in [2.05, 4.69) is 15.4 Å². The lowest BCUT2D eigenvalue weighted by Gasteiger charge is -2.30. The molecule has 0 spiro atoms. The molecule has 0 bridgehead atoms. The summed E-state index contributed by atoms with van der Waals surface area (Å²) in [6.45, 7) is 5.39. The quantitative estimate of drug-likeness (QED) is 0.902. The number of amides is 1. The van der Waals surface area contributed by atoms with Crippen LogP contribution in [0.1, 0.15) is 37.0 Å². The molecule has 1 aliphatic heterocycles. The largest absolute Gasteiger partial charge is 0.480 e. The molecule has 134 valence electrons. The summed E-state index contributed by atoms with van der Waals surface area (Å²) in [6, 6.07) is 1.86. The number of rotatable bonds is 5. The Morgan fingerprint density at radius 3 is 3.04 bits per heavy atom. The number of anilines is 1. The van der Waals surface area contributed by atoms with Gasteiger partial charge in [0.1, 0.15) is 5.69 Å². The van der Waals surface area contributed by atoms with Gasteiger partial charge in [0, 0.05) is 31.1 Å². The number of aryl methyl sites for hydroxylation is 2. The van der Waals surface area contributed by atoms with Crippen LogP contribution in [-0.2, 0) is 16.1 Å². The summed E-state index contributed by atoms with van der Waals surface area (Å²) in [5.74, 6) is 0.0548. The molecule has 0 unspecified atom stereocenters. The molecular weight excluding hydrogens is 320 g/mol. The number of nitrogens with zero attached hydrogens (tertiary/aromatic N) is 3. The third kappa shape index (κ3) is 3.82. The van der Waals surface area contributed by atoms with Crippen molar-refractivity contribution >= 4 is 11.6 Å². The Morgan fingerprint density at radius 1 is 1.48 bits per heavy atom. The van der Waals surface area contributed by atoms with Crippen molar-refractivity contribution in [3.8, 4) is 5.88 Å². The van der Waals surface area contributed by atoms with E-state index >= 15 is 0 Å². The van der Waals surface area contributed by atoms with E-state index in [0.29, 0.717) is 18.2 Å². The van der Waals surface area contributed by atoms with Crippen LogP contribution in [0, 0.1) is 12.8 Å². The number of pyridine rings is 1. The molecule has 3 heterocycles. The maximum absolute atomic E-state index is 12.9. The number of aromatic nitrogens is 3. The third-order valence-electron chi connectivity index (χ3n) is 4.40. The molecule has 1 fully saturated rings. The van der Waals surface area contributed by atoms with Crippen LogP contribution < -0.4 is 10.1 Å². The monoisotopic (exact) mass is 344 g/mol. The van der Waals surface area contributed by atoms with Crippen LogP contribution in [0.3, 0.4) is 0 Å². The van der Waals surface area contributed by atoms with E-state index < -0.39 is 0 Å². The molecule has 25 heavy (non-hydrogen) atoms. The van der Waals surface area contributed by atoms with Gasteiger partial charge in [0.25, 0.3) is 0 Å². The molecule has 7 heteroatoms. The molecule has 0 aromatic carbocycles. The molecule has 7 nitrogen and oxygen atoms in total. The second kappa shape index (κ2) is 7.65. The van der Waals surface area contributed by atoms with Crippen LogP contribution in [0.5, 0.6) is 5.88 Å². The van der Waals surface area contributed by atoms with E-state index in [1.165, 1.54) is 0 Å². The first-order chi connectivity index (χ1) is 12.1. The first-order valence-electron chi connectivity index (χ1n) is 8.57. The predicted molar refractivity (Wildman–Crippen MR) is 93.5 cm³/mol. The molecule has 1 N–H and O–H groups in total. The van der Waals surface area contributed by atoms with E-state index in [9.17, 15) is 4.79 Å². The Hall–Kier alpha value is -2.41. The lowest BCUT2D eigenvalue weighted by molar-refractivity contribution is -0.129. The fourth-order valence-electron chi connectivity index (χ4n) is 3.11. The van der Waals surface area contributed by atoms with Gasteiger partial charge in [0.2, 0.25) is 11.8 Å². The number of carbonyl (C=O) groups is 1. The second-order valence-electron chi connectivity index (χ2n) is 6.23. The number of hydrogen-bond acceptors (Lipinski definition) is 5. The summed E-state index contributed by atoms with van der Waals surface area (Å²) in [6.07, 6.45) is 6.80. The topological polar surface area (TPSA) is 78.3 Å². The van der Waals surface area contributed by atoms with Gasteiger partial charge in [0.05, 0.1) is 25.3 Å². The highest BCUT2D eigenvalue weighted by atomic mass is 16.5. The molecule has 1 saturated heterocycles. The number of hydrogen-bond donors (Lipinski definition) is 1. The zero-order valence-electron chi connectivity index (χ0n) is 14.9. The third-order valence-corrected chi connectivity index (χ3v) is 4.40. The van der Waals surface area contributed by atoms with Crippen LogP contribution >= 0.6 is 0 Å². The van der Waals surface area contributed by atoms with Crippen molar-refractivity contribution in [1.29, 1.82) is 0 Å². The van der Waals surface area contributed by atoms with Crippen LogP contribution in [0.2, 0.25) is 0 Å². The minimum atomic E-state index is -0.280. The van der Waals surface area contributed by atoms with Crippen molar-refractivity contribution < 1.29 is 14.3 Å². The fraction of sp³-hybridized carbons (Fsp3) is 0.500. The van der Waals surface area contributed by atoms with E-state index in [4.69, 9.17) is 9.47 Å². The summed E-state index contributed by atoms with van der Waals surface area (Å²) >= 11 is 0. The zero-order valence-corrected chi connectivity index (χ0v) is 14.9. The summed E-state index contributed by atoms with van der Waals surface area (Å²) in [5, 5.41) is 7.26. The molecule has 1 amide bonds. The Bertz CT molecular complexity index is 744. The van der Waals surface area contributed by atoms with Gasteiger partial charge in [0.15, 0.2) is 0 Å². The Morgan fingerprint density at radius 2 is 2.32 bits per heavy atom. The van der Waals surface area contributed by atoms with Gasteiger partial charge in [-0.3, -0.25) is 9.48 Å². The van der Waals surface area contributed by atoms with Gasteiger partial charge in [-0.1, -0.05) is 0 Å². The Labute approximate surface area is 147 Å². The van der Waals surface area contributed by atoms with Crippen molar-refractivity contribution in [3.63, 3.8) is 0 Å². The molecular formula is C18H24N4O3. The molecule has 2 aromatic rings. The lowest BCUT2D eigenvalue weighted by Crippen LogP contribution is -2.33. The molecule has 3 rings (SSSR count). The molecule has 0 saturated carbocycles. The number of nitrogens with one attached hydrogen (secondary N) is 1. The fourth-order valence-corrected chi connectivity index (χ4v) is 3.11. The van der Waals surface area contributed by atoms with Gasteiger partial charge >= 0.3 is 0 Å². The van der Waals surface area contributed by atoms with Crippen molar-refractivity contribution in [3.05, 3.63) is 35.8 Å². The van der Waals surface area contributed by atoms with Gasteiger partial charge < -0.3 is 14.8 Å². The van der Waals surface area contributed by atoms with Crippen molar-refractivity contribution in [2.45, 2.75) is 39.3 Å².